The number of nitrogens with zero attached hydrogens (tertiary/aromatic N) is 4. The Labute approximate surface area is 174 Å². The molecule has 0 saturated carbocycles. The van der Waals surface area contributed by atoms with E-state index >= 15 is 0 Å². The number of carbonyl (C=O) groups excluding carboxylic acids is 2. The maximum Gasteiger partial charge on any atom is 0.331 e. The fraction of sp³-hybridized carbons (Fsp3) is 0.533. The molecule has 26 heavy (non-hydrogen) atoms. The third-order valence-corrected chi connectivity index (χ3v) is 3.78. The topological polar surface area (TPSA) is 126 Å². The first-order chi connectivity index (χ1) is 12.0. The predicted octanol–water partition coefficient (Wildman–Crippen LogP) is -0.313. The van der Waals surface area contributed by atoms with E-state index in [9.17, 15) is 9.59 Å². The number of hydrogen-bond donors (Lipinski definition) is 1. The zero-order chi connectivity index (χ0) is 18.0. The van der Waals surface area contributed by atoms with Crippen LogP contribution in [0, 0.1) is 13.3 Å². The fourth-order valence-corrected chi connectivity index (χ4v) is 2.73. The number of aliphatic hydroxyl groups excluding tert-OH is 1. The Morgan fingerprint density at radius 1 is 1.46 bits per heavy atom. The molecule has 1 N–H and O–H groups in total. The Balaban J connectivity index is 0.00000243. The van der Waals surface area contributed by atoms with Crippen LogP contribution in [0.2, 0.25) is 0 Å². The standard InChI is InChI=1S/C15H17N4O6.Y/c1-8-13-14(17-6-16-8)19(7-18-13)15-11(24-9(2)21)3-10(25-15)5-23-12(22)4-20;/h7,10-11,15,20H,3-5H2,1-2H3;/q-1;/t10-,11?,15+;/m0./s1. The van der Waals surface area contributed by atoms with Crippen molar-refractivity contribution in [1.29, 1.82) is 0 Å². The van der Waals surface area contributed by atoms with Gasteiger partial charge in [-0.25, -0.2) is 4.79 Å². The van der Waals surface area contributed by atoms with Crippen molar-refractivity contribution in [1.82, 2.24) is 19.5 Å². The van der Waals surface area contributed by atoms with Crippen LogP contribution in [0.5, 0.6) is 0 Å². The second-order valence-electron chi connectivity index (χ2n) is 5.61. The minimum Gasteiger partial charge on any atom is -0.461 e. The first-order valence-electron chi connectivity index (χ1n) is 7.66. The number of rotatable bonds is 5. The van der Waals surface area contributed by atoms with Gasteiger partial charge in [0.05, 0.1) is 18.1 Å². The van der Waals surface area contributed by atoms with Gasteiger partial charge in [0.1, 0.15) is 19.3 Å². The van der Waals surface area contributed by atoms with E-state index in [-0.39, 0.29) is 39.3 Å². The summed E-state index contributed by atoms with van der Waals surface area (Å²) < 4.78 is 17.7. The molecular formula is C15H17N4O6Y-. The van der Waals surface area contributed by atoms with Gasteiger partial charge in [-0.1, -0.05) is 6.92 Å². The van der Waals surface area contributed by atoms with Gasteiger partial charge in [-0.05, 0) is 5.69 Å². The number of aromatic nitrogens is 4. The zero-order valence-corrected chi connectivity index (χ0v) is 17.1. The van der Waals surface area contributed by atoms with Gasteiger partial charge in [0, 0.05) is 57.9 Å². The molecule has 0 bridgehead atoms. The molecule has 1 aliphatic rings. The molecule has 1 saturated heterocycles. The molecule has 0 aromatic carbocycles. The molecule has 3 rings (SSSR count). The summed E-state index contributed by atoms with van der Waals surface area (Å²) in [4.78, 5) is 34.8. The zero-order valence-electron chi connectivity index (χ0n) is 14.3. The molecule has 3 heterocycles. The van der Waals surface area contributed by atoms with Crippen molar-refractivity contribution in [2.24, 2.45) is 0 Å². The summed E-state index contributed by atoms with van der Waals surface area (Å²) in [6, 6.07) is 0. The molecule has 2 aromatic heterocycles. The molecule has 11 heteroatoms. The van der Waals surface area contributed by atoms with E-state index in [4.69, 9.17) is 19.3 Å². The number of aryl methyl sites for hydroxylation is 1. The Morgan fingerprint density at radius 3 is 2.92 bits per heavy atom. The van der Waals surface area contributed by atoms with Gasteiger partial charge in [0.25, 0.3) is 0 Å². The molecule has 3 atom stereocenters. The van der Waals surface area contributed by atoms with E-state index in [1.807, 2.05) is 0 Å². The summed E-state index contributed by atoms with van der Waals surface area (Å²) in [6.45, 7) is 2.33. The van der Waals surface area contributed by atoms with Crippen molar-refractivity contribution in [2.75, 3.05) is 13.2 Å². The van der Waals surface area contributed by atoms with Gasteiger partial charge < -0.3 is 33.9 Å². The van der Waals surface area contributed by atoms with Gasteiger partial charge in [-0.2, -0.15) is 0 Å². The third kappa shape index (κ3) is 4.43. The summed E-state index contributed by atoms with van der Waals surface area (Å²) in [5, 5.41) is 8.71. The van der Waals surface area contributed by atoms with Gasteiger partial charge in [-0.3, -0.25) is 9.78 Å². The van der Waals surface area contributed by atoms with Crippen LogP contribution in [0.3, 0.4) is 0 Å². The molecular weight excluding hydrogens is 421 g/mol. The van der Waals surface area contributed by atoms with Gasteiger partial charge in [0.15, 0.2) is 6.23 Å². The van der Waals surface area contributed by atoms with Gasteiger partial charge in [-0.15, -0.1) is 0 Å². The average Bonchev–Trinajstić information content (AvgIpc) is 3.16. The molecule has 1 unspecified atom stereocenters. The van der Waals surface area contributed by atoms with Crippen molar-refractivity contribution in [3.63, 3.8) is 0 Å². The van der Waals surface area contributed by atoms with E-state index in [0.717, 1.165) is 0 Å². The molecule has 1 aliphatic heterocycles. The van der Waals surface area contributed by atoms with Crippen LogP contribution in [0.25, 0.3) is 11.2 Å². The van der Waals surface area contributed by atoms with Crippen LogP contribution < -0.4 is 0 Å². The molecule has 0 aliphatic carbocycles. The summed E-state index contributed by atoms with van der Waals surface area (Å²) >= 11 is 0. The molecule has 1 fully saturated rings. The van der Waals surface area contributed by atoms with Crippen LogP contribution in [0.4, 0.5) is 0 Å². The van der Waals surface area contributed by atoms with E-state index < -0.39 is 37.0 Å². The summed E-state index contributed by atoms with van der Waals surface area (Å²) in [5.74, 6) is -1.20. The quantitative estimate of drug-likeness (QED) is 0.494. The number of ether oxygens (including phenoxy) is 3. The Hall–Kier alpha value is -1.49. The molecule has 0 amide bonds. The predicted molar refractivity (Wildman–Crippen MR) is 81.0 cm³/mol. The van der Waals surface area contributed by atoms with E-state index in [1.54, 1.807) is 11.5 Å². The average molecular weight is 438 g/mol. The number of esters is 2. The van der Waals surface area contributed by atoms with Crippen molar-refractivity contribution >= 4 is 23.1 Å². The third-order valence-electron chi connectivity index (χ3n) is 3.78. The summed E-state index contributed by atoms with van der Waals surface area (Å²) in [7, 11) is 0. The second kappa shape index (κ2) is 8.94. The maximum atomic E-state index is 11.4. The van der Waals surface area contributed by atoms with Crippen LogP contribution >= 0.6 is 0 Å². The number of carbonyl (C=O) groups is 2. The Kier molecular flexibility index (Phi) is 7.16. The normalized spacial score (nSPS) is 22.0. The monoisotopic (exact) mass is 438 g/mol. The number of imidazole rings is 1. The SMILES string of the molecule is CC(=O)OC1C[C@@H](COC(=O)CO)O[C@H]1n1cnc2c(C)n[c-]nc21.[Y]. The number of hydrogen-bond acceptors (Lipinski definition) is 9. The van der Waals surface area contributed by atoms with Crippen molar-refractivity contribution in [3.8, 4) is 0 Å². The minimum atomic E-state index is -0.748. The van der Waals surface area contributed by atoms with Crippen LogP contribution in [-0.2, 0) is 56.5 Å². The molecule has 1 radical (unpaired) electrons. The molecule has 0 spiro atoms. The second-order valence-corrected chi connectivity index (χ2v) is 5.61. The maximum absolute atomic E-state index is 11.4. The van der Waals surface area contributed by atoms with E-state index in [1.165, 1.54) is 13.3 Å². The Morgan fingerprint density at radius 2 is 2.23 bits per heavy atom. The van der Waals surface area contributed by atoms with Crippen molar-refractivity contribution in [3.05, 3.63) is 18.3 Å². The van der Waals surface area contributed by atoms with Crippen molar-refractivity contribution in [2.45, 2.75) is 38.7 Å². The van der Waals surface area contributed by atoms with Gasteiger partial charge in [0.2, 0.25) is 0 Å². The van der Waals surface area contributed by atoms with E-state index in [0.29, 0.717) is 23.3 Å². The van der Waals surface area contributed by atoms with Crippen LogP contribution in [0.1, 0.15) is 25.3 Å². The van der Waals surface area contributed by atoms with Crippen molar-refractivity contribution < 1.29 is 61.6 Å². The largest absolute Gasteiger partial charge is 0.461 e. The minimum absolute atomic E-state index is 0. The number of aliphatic hydroxyl groups is 1. The van der Waals surface area contributed by atoms with Crippen LogP contribution in [-0.4, -0.2) is 62.0 Å². The smallest absolute Gasteiger partial charge is 0.331 e. The molecule has 10 nitrogen and oxygen atoms in total. The van der Waals surface area contributed by atoms with Crippen LogP contribution in [0.15, 0.2) is 6.33 Å². The Bertz CT molecular complexity index is 798. The molecule has 2 aromatic rings. The fourth-order valence-electron chi connectivity index (χ4n) is 2.73. The van der Waals surface area contributed by atoms with E-state index in [2.05, 4.69) is 21.3 Å². The summed E-state index contributed by atoms with van der Waals surface area (Å²) in [5.41, 5.74) is 1.76. The number of fused-ring (bicyclic) bond motifs is 1. The van der Waals surface area contributed by atoms with Gasteiger partial charge >= 0.3 is 11.9 Å². The first kappa shape index (κ1) is 20.8. The first-order valence-corrected chi connectivity index (χ1v) is 7.66. The molecule has 137 valence electrons. The summed E-state index contributed by atoms with van der Waals surface area (Å²) in [6.07, 6.45) is 2.65.